The van der Waals surface area contributed by atoms with Crippen LogP contribution in [0.25, 0.3) is 0 Å². The Labute approximate surface area is 143 Å². The maximum absolute atomic E-state index is 13.9. The standard InChI is InChI=1S/C17H15Cl2FN2O/c18-10-7-14(19)13(15(20)8-10)9-22-17(23)12-3-1-5-16-11(12)4-2-6-21-16/h2,4,6-8,12H,1,3,5,9H2,(H,22,23)/t12-/m0/s1. The summed E-state index contributed by atoms with van der Waals surface area (Å²) in [5.41, 5.74) is 2.17. The van der Waals surface area contributed by atoms with E-state index in [9.17, 15) is 9.18 Å². The quantitative estimate of drug-likeness (QED) is 0.896. The van der Waals surface area contributed by atoms with Crippen molar-refractivity contribution in [1.82, 2.24) is 10.3 Å². The summed E-state index contributed by atoms with van der Waals surface area (Å²) < 4.78 is 13.9. The molecule has 0 aliphatic heterocycles. The SMILES string of the molecule is O=C(NCc1c(F)cc(Cl)cc1Cl)[C@H]1CCCc2ncccc21. The largest absolute Gasteiger partial charge is 0.351 e. The Hall–Kier alpha value is -1.65. The predicted octanol–water partition coefficient (Wildman–Crippen LogP) is 4.26. The van der Waals surface area contributed by atoms with Gasteiger partial charge < -0.3 is 5.32 Å². The van der Waals surface area contributed by atoms with E-state index in [1.54, 1.807) is 6.20 Å². The van der Waals surface area contributed by atoms with Gasteiger partial charge in [-0.2, -0.15) is 0 Å². The van der Waals surface area contributed by atoms with Crippen LogP contribution in [0.3, 0.4) is 0 Å². The van der Waals surface area contributed by atoms with Gasteiger partial charge in [-0.3, -0.25) is 9.78 Å². The van der Waals surface area contributed by atoms with Crippen LogP contribution in [-0.2, 0) is 17.8 Å². The maximum atomic E-state index is 13.9. The van der Waals surface area contributed by atoms with E-state index in [1.807, 2.05) is 12.1 Å². The third kappa shape index (κ3) is 3.48. The van der Waals surface area contributed by atoms with Crippen molar-refractivity contribution in [2.45, 2.75) is 31.7 Å². The van der Waals surface area contributed by atoms with Crippen LogP contribution in [0.5, 0.6) is 0 Å². The molecule has 1 heterocycles. The second kappa shape index (κ2) is 6.85. The summed E-state index contributed by atoms with van der Waals surface area (Å²) in [6, 6.07) is 6.42. The molecule has 1 atom stereocenters. The minimum atomic E-state index is -0.520. The van der Waals surface area contributed by atoms with Crippen molar-refractivity contribution in [2.24, 2.45) is 0 Å². The fourth-order valence-electron chi connectivity index (χ4n) is 2.92. The van der Waals surface area contributed by atoms with Gasteiger partial charge in [0.15, 0.2) is 0 Å². The number of carbonyl (C=O) groups is 1. The van der Waals surface area contributed by atoms with Crippen LogP contribution in [0.15, 0.2) is 30.5 Å². The Balaban J connectivity index is 1.74. The van der Waals surface area contributed by atoms with E-state index in [4.69, 9.17) is 23.2 Å². The highest BCUT2D eigenvalue weighted by atomic mass is 35.5. The summed E-state index contributed by atoms with van der Waals surface area (Å²) in [5, 5.41) is 3.22. The molecule has 0 bridgehead atoms. The number of aromatic nitrogens is 1. The van der Waals surface area contributed by atoms with E-state index in [-0.39, 0.29) is 34.0 Å². The molecule has 1 aromatic carbocycles. The molecule has 6 heteroatoms. The van der Waals surface area contributed by atoms with Crippen LogP contribution >= 0.6 is 23.2 Å². The first kappa shape index (κ1) is 16.2. The summed E-state index contributed by atoms with van der Waals surface area (Å²) in [6.07, 6.45) is 4.30. The number of hydrogen-bond acceptors (Lipinski definition) is 2. The lowest BCUT2D eigenvalue weighted by atomic mass is 9.85. The molecule has 3 rings (SSSR count). The molecule has 0 radical (unpaired) electrons. The highest BCUT2D eigenvalue weighted by Gasteiger charge is 2.27. The summed E-state index contributed by atoms with van der Waals surface area (Å²) in [7, 11) is 0. The number of pyridine rings is 1. The van der Waals surface area contributed by atoms with Gasteiger partial charge in [-0.1, -0.05) is 29.3 Å². The van der Waals surface area contributed by atoms with E-state index in [2.05, 4.69) is 10.3 Å². The first-order valence-corrected chi connectivity index (χ1v) is 8.17. The summed E-state index contributed by atoms with van der Waals surface area (Å²) in [4.78, 5) is 16.8. The van der Waals surface area contributed by atoms with Crippen LogP contribution < -0.4 is 5.32 Å². The number of carbonyl (C=O) groups excluding carboxylic acids is 1. The molecule has 1 aliphatic rings. The van der Waals surface area contributed by atoms with Gasteiger partial charge in [0.05, 0.1) is 5.92 Å². The van der Waals surface area contributed by atoms with Gasteiger partial charge >= 0.3 is 0 Å². The summed E-state index contributed by atoms with van der Waals surface area (Å²) >= 11 is 11.7. The van der Waals surface area contributed by atoms with Crippen molar-refractivity contribution in [3.63, 3.8) is 0 Å². The number of amides is 1. The fourth-order valence-corrected chi connectivity index (χ4v) is 3.45. The molecule has 2 aromatic rings. The lowest BCUT2D eigenvalue weighted by molar-refractivity contribution is -0.123. The molecule has 1 aromatic heterocycles. The zero-order valence-corrected chi connectivity index (χ0v) is 13.8. The number of halogens is 3. The Morgan fingerprint density at radius 1 is 1.39 bits per heavy atom. The molecule has 0 saturated carbocycles. The minimum absolute atomic E-state index is 0.0345. The molecule has 0 fully saturated rings. The van der Waals surface area contributed by atoms with Gasteiger partial charge in [-0.25, -0.2) is 4.39 Å². The smallest absolute Gasteiger partial charge is 0.227 e. The molecule has 3 nitrogen and oxygen atoms in total. The van der Waals surface area contributed by atoms with Gasteiger partial charge in [0.25, 0.3) is 0 Å². The maximum Gasteiger partial charge on any atom is 0.227 e. The van der Waals surface area contributed by atoms with Crippen LogP contribution in [-0.4, -0.2) is 10.9 Å². The number of aryl methyl sites for hydroxylation is 1. The van der Waals surface area contributed by atoms with Gasteiger partial charge in [-0.05, 0) is 43.0 Å². The zero-order chi connectivity index (χ0) is 16.4. The topological polar surface area (TPSA) is 42.0 Å². The molecular formula is C17H15Cl2FN2O. The second-order valence-electron chi connectivity index (χ2n) is 5.55. The number of nitrogens with zero attached hydrogens (tertiary/aromatic N) is 1. The average Bonchev–Trinajstić information content (AvgIpc) is 2.53. The van der Waals surface area contributed by atoms with Crippen molar-refractivity contribution in [3.05, 3.63) is 63.1 Å². The van der Waals surface area contributed by atoms with E-state index in [0.717, 1.165) is 30.5 Å². The number of nitrogens with one attached hydrogen (secondary N) is 1. The Morgan fingerprint density at radius 3 is 3.00 bits per heavy atom. The van der Waals surface area contributed by atoms with Gasteiger partial charge in [0.1, 0.15) is 5.82 Å². The molecule has 0 saturated heterocycles. The molecular weight excluding hydrogens is 338 g/mol. The third-order valence-corrected chi connectivity index (χ3v) is 4.62. The Morgan fingerprint density at radius 2 is 2.22 bits per heavy atom. The normalized spacial score (nSPS) is 16.7. The predicted molar refractivity (Wildman–Crippen MR) is 88.2 cm³/mol. The lowest BCUT2D eigenvalue weighted by Gasteiger charge is -2.23. The highest BCUT2D eigenvalue weighted by Crippen LogP contribution is 2.31. The number of benzene rings is 1. The van der Waals surface area contributed by atoms with Crippen LogP contribution in [0, 0.1) is 5.82 Å². The van der Waals surface area contributed by atoms with E-state index in [0.29, 0.717) is 0 Å². The van der Waals surface area contributed by atoms with E-state index >= 15 is 0 Å². The van der Waals surface area contributed by atoms with Crippen molar-refractivity contribution >= 4 is 29.1 Å². The molecule has 23 heavy (non-hydrogen) atoms. The van der Waals surface area contributed by atoms with Gasteiger partial charge in [-0.15, -0.1) is 0 Å². The first-order valence-electron chi connectivity index (χ1n) is 7.41. The highest BCUT2D eigenvalue weighted by molar-refractivity contribution is 6.35. The van der Waals surface area contributed by atoms with E-state index in [1.165, 1.54) is 12.1 Å². The molecule has 1 amide bonds. The lowest BCUT2D eigenvalue weighted by Crippen LogP contribution is -2.31. The third-order valence-electron chi connectivity index (χ3n) is 4.07. The van der Waals surface area contributed by atoms with Crippen LogP contribution in [0.4, 0.5) is 4.39 Å². The van der Waals surface area contributed by atoms with Crippen molar-refractivity contribution < 1.29 is 9.18 Å². The van der Waals surface area contributed by atoms with Gasteiger partial charge in [0.2, 0.25) is 5.91 Å². The average molecular weight is 353 g/mol. The van der Waals surface area contributed by atoms with Gasteiger partial charge in [0, 0.05) is 34.0 Å². The second-order valence-corrected chi connectivity index (χ2v) is 6.39. The van der Waals surface area contributed by atoms with Crippen molar-refractivity contribution in [2.75, 3.05) is 0 Å². The first-order chi connectivity index (χ1) is 11.1. The van der Waals surface area contributed by atoms with Crippen LogP contribution in [0.1, 0.15) is 35.6 Å². The molecule has 1 aliphatic carbocycles. The Kier molecular flexibility index (Phi) is 4.83. The molecule has 1 N–H and O–H groups in total. The summed E-state index contributed by atoms with van der Waals surface area (Å²) in [5.74, 6) is -0.903. The molecule has 0 spiro atoms. The number of hydrogen-bond donors (Lipinski definition) is 1. The number of fused-ring (bicyclic) bond motifs is 1. The molecule has 120 valence electrons. The minimum Gasteiger partial charge on any atom is -0.351 e. The Bertz CT molecular complexity index is 728. The molecule has 0 unspecified atom stereocenters. The fraction of sp³-hybridized carbons (Fsp3) is 0.294. The van der Waals surface area contributed by atoms with E-state index < -0.39 is 5.82 Å². The monoisotopic (exact) mass is 352 g/mol. The van der Waals surface area contributed by atoms with Crippen molar-refractivity contribution in [1.29, 1.82) is 0 Å². The van der Waals surface area contributed by atoms with Crippen molar-refractivity contribution in [3.8, 4) is 0 Å². The summed E-state index contributed by atoms with van der Waals surface area (Å²) in [6.45, 7) is 0.0345. The van der Waals surface area contributed by atoms with Crippen LogP contribution in [0.2, 0.25) is 10.0 Å². The zero-order valence-electron chi connectivity index (χ0n) is 12.3. The number of rotatable bonds is 3.